The van der Waals surface area contributed by atoms with Gasteiger partial charge in [-0.1, -0.05) is 6.07 Å². The summed E-state index contributed by atoms with van der Waals surface area (Å²) in [7, 11) is 2.91. The molecule has 0 aromatic heterocycles. The van der Waals surface area contributed by atoms with Crippen LogP contribution in [0.15, 0.2) is 18.2 Å². The molecule has 96 valence electrons. The van der Waals surface area contributed by atoms with Crippen LogP contribution in [0.2, 0.25) is 0 Å². The van der Waals surface area contributed by atoms with Gasteiger partial charge in [-0.2, -0.15) is 13.2 Å². The molecule has 1 rings (SSSR count). The average Bonchev–Trinajstić information content (AvgIpc) is 2.26. The highest BCUT2D eigenvalue weighted by atomic mass is 19.4. The van der Waals surface area contributed by atoms with Gasteiger partial charge in [-0.05, 0) is 17.7 Å². The highest BCUT2D eigenvalue weighted by Gasteiger charge is 2.30. The van der Waals surface area contributed by atoms with Gasteiger partial charge in [-0.3, -0.25) is 0 Å². The van der Waals surface area contributed by atoms with Crippen LogP contribution in [0.1, 0.15) is 11.1 Å². The van der Waals surface area contributed by atoms with Gasteiger partial charge in [0.15, 0.2) is 6.29 Å². The molecule has 3 nitrogen and oxygen atoms in total. The lowest BCUT2D eigenvalue weighted by molar-refractivity contribution is -0.137. The van der Waals surface area contributed by atoms with E-state index in [0.717, 1.165) is 12.1 Å². The number of nitrogens with two attached hydrogens (primary N) is 1. The third kappa shape index (κ3) is 3.61. The second-order valence-corrected chi connectivity index (χ2v) is 3.52. The summed E-state index contributed by atoms with van der Waals surface area (Å²) in [5, 5.41) is 0. The third-order valence-electron chi connectivity index (χ3n) is 2.39. The van der Waals surface area contributed by atoms with Crippen LogP contribution >= 0.6 is 0 Å². The predicted octanol–water partition coefficient (Wildman–Crippen LogP) is 2.45. The lowest BCUT2D eigenvalue weighted by atomic mass is 10.1. The summed E-state index contributed by atoms with van der Waals surface area (Å²) < 4.78 is 47.1. The van der Waals surface area contributed by atoms with Crippen LogP contribution in [0.3, 0.4) is 0 Å². The highest BCUT2D eigenvalue weighted by molar-refractivity contribution is 5.50. The maximum atomic E-state index is 12.4. The molecule has 0 amide bonds. The largest absolute Gasteiger partial charge is 0.416 e. The molecule has 2 N–H and O–H groups in total. The van der Waals surface area contributed by atoms with Gasteiger partial charge in [-0.25, -0.2) is 0 Å². The van der Waals surface area contributed by atoms with Crippen LogP contribution in [0.5, 0.6) is 0 Å². The highest BCUT2D eigenvalue weighted by Crippen LogP contribution is 2.31. The zero-order chi connectivity index (χ0) is 13.1. The van der Waals surface area contributed by atoms with Crippen LogP contribution in [0.25, 0.3) is 0 Å². The Hall–Kier alpha value is -1.27. The Balaban J connectivity index is 2.90. The van der Waals surface area contributed by atoms with Crippen LogP contribution in [0.4, 0.5) is 18.9 Å². The summed E-state index contributed by atoms with van der Waals surface area (Å²) in [4.78, 5) is 0. The number of rotatable bonds is 4. The summed E-state index contributed by atoms with van der Waals surface area (Å²) in [6.07, 6.45) is -4.60. The summed E-state index contributed by atoms with van der Waals surface area (Å²) in [6.45, 7) is 0. The fourth-order valence-electron chi connectivity index (χ4n) is 1.40. The minimum absolute atomic E-state index is 0.0823. The fourth-order valence-corrected chi connectivity index (χ4v) is 1.40. The van der Waals surface area contributed by atoms with Crippen molar-refractivity contribution in [3.05, 3.63) is 29.3 Å². The SMILES string of the molecule is COC(Cc1ccc(C(F)(F)F)cc1N)OC. The summed E-state index contributed by atoms with van der Waals surface area (Å²) in [5.74, 6) is 0. The number of alkyl halides is 3. The Morgan fingerprint density at radius 1 is 1.24 bits per heavy atom. The molecule has 0 aliphatic carbocycles. The van der Waals surface area contributed by atoms with Crippen molar-refractivity contribution in [3.63, 3.8) is 0 Å². The first kappa shape index (κ1) is 13.8. The molecule has 17 heavy (non-hydrogen) atoms. The maximum absolute atomic E-state index is 12.4. The molecule has 0 aliphatic heterocycles. The smallest absolute Gasteiger partial charge is 0.398 e. The first-order valence-electron chi connectivity index (χ1n) is 4.89. The molecule has 0 bridgehead atoms. The molecule has 0 unspecified atom stereocenters. The molecule has 0 saturated carbocycles. The number of nitrogen functional groups attached to an aromatic ring is 1. The predicted molar refractivity (Wildman–Crippen MR) is 57.4 cm³/mol. The van der Waals surface area contributed by atoms with E-state index < -0.39 is 18.0 Å². The van der Waals surface area contributed by atoms with Crippen molar-refractivity contribution in [2.24, 2.45) is 0 Å². The molecule has 0 saturated heterocycles. The van der Waals surface area contributed by atoms with Crippen molar-refractivity contribution in [2.75, 3.05) is 20.0 Å². The van der Waals surface area contributed by atoms with Crippen molar-refractivity contribution in [1.29, 1.82) is 0 Å². The third-order valence-corrected chi connectivity index (χ3v) is 2.39. The van der Waals surface area contributed by atoms with E-state index in [1.807, 2.05) is 0 Å². The van der Waals surface area contributed by atoms with E-state index in [4.69, 9.17) is 15.2 Å². The number of hydrogen-bond acceptors (Lipinski definition) is 3. The van der Waals surface area contributed by atoms with Crippen LogP contribution in [-0.4, -0.2) is 20.5 Å². The van der Waals surface area contributed by atoms with Crippen LogP contribution < -0.4 is 5.73 Å². The number of methoxy groups -OCH3 is 2. The zero-order valence-corrected chi connectivity index (χ0v) is 9.54. The van der Waals surface area contributed by atoms with Crippen molar-refractivity contribution < 1.29 is 22.6 Å². The Labute approximate surface area is 97.3 Å². The molecular weight excluding hydrogens is 235 g/mol. The molecule has 0 heterocycles. The molecule has 0 aliphatic rings. The van der Waals surface area contributed by atoms with Crippen LogP contribution in [-0.2, 0) is 22.1 Å². The maximum Gasteiger partial charge on any atom is 0.416 e. The standard InChI is InChI=1S/C11H14F3NO2/c1-16-10(17-2)5-7-3-4-8(6-9(7)15)11(12,13)14/h3-4,6,10H,5,15H2,1-2H3. The lowest BCUT2D eigenvalue weighted by Gasteiger charge is -2.15. The molecule has 6 heteroatoms. The molecule has 0 radical (unpaired) electrons. The van der Waals surface area contributed by atoms with Gasteiger partial charge >= 0.3 is 6.18 Å². The number of anilines is 1. The van der Waals surface area contributed by atoms with E-state index in [1.54, 1.807) is 0 Å². The number of halogens is 3. The van der Waals surface area contributed by atoms with Gasteiger partial charge in [-0.15, -0.1) is 0 Å². The van der Waals surface area contributed by atoms with Crippen molar-refractivity contribution in [1.82, 2.24) is 0 Å². The van der Waals surface area contributed by atoms with E-state index in [1.165, 1.54) is 20.3 Å². The number of ether oxygens (including phenoxy) is 2. The quantitative estimate of drug-likeness (QED) is 0.658. The van der Waals surface area contributed by atoms with E-state index >= 15 is 0 Å². The number of hydrogen-bond donors (Lipinski definition) is 1. The van der Waals surface area contributed by atoms with E-state index in [9.17, 15) is 13.2 Å². The van der Waals surface area contributed by atoms with Gasteiger partial charge in [0.25, 0.3) is 0 Å². The number of benzene rings is 1. The van der Waals surface area contributed by atoms with Gasteiger partial charge in [0.1, 0.15) is 0 Å². The molecule has 1 aromatic carbocycles. The second-order valence-electron chi connectivity index (χ2n) is 3.52. The lowest BCUT2D eigenvalue weighted by Crippen LogP contribution is -2.17. The Bertz CT molecular complexity index is 375. The molecular formula is C11H14F3NO2. The van der Waals surface area contributed by atoms with Gasteiger partial charge in [0.2, 0.25) is 0 Å². The Morgan fingerprint density at radius 3 is 2.24 bits per heavy atom. The van der Waals surface area contributed by atoms with E-state index in [0.29, 0.717) is 12.0 Å². The summed E-state index contributed by atoms with van der Waals surface area (Å²) >= 11 is 0. The minimum Gasteiger partial charge on any atom is -0.398 e. The second kappa shape index (κ2) is 5.37. The van der Waals surface area contributed by atoms with Crippen molar-refractivity contribution in [2.45, 2.75) is 18.9 Å². The van der Waals surface area contributed by atoms with Gasteiger partial charge < -0.3 is 15.2 Å². The normalized spacial score (nSPS) is 12.1. The van der Waals surface area contributed by atoms with E-state index in [-0.39, 0.29) is 5.69 Å². The summed E-state index contributed by atoms with van der Waals surface area (Å²) in [6, 6.07) is 3.25. The van der Waals surface area contributed by atoms with Gasteiger partial charge in [0.05, 0.1) is 5.56 Å². The molecule has 0 spiro atoms. The van der Waals surface area contributed by atoms with Crippen molar-refractivity contribution >= 4 is 5.69 Å². The zero-order valence-electron chi connectivity index (χ0n) is 9.54. The minimum atomic E-state index is -4.38. The average molecular weight is 249 g/mol. The fraction of sp³-hybridized carbons (Fsp3) is 0.455. The topological polar surface area (TPSA) is 44.5 Å². The van der Waals surface area contributed by atoms with Gasteiger partial charge in [0, 0.05) is 26.3 Å². The Kier molecular flexibility index (Phi) is 4.36. The first-order chi connectivity index (χ1) is 7.88. The molecule has 0 fully saturated rings. The first-order valence-corrected chi connectivity index (χ1v) is 4.89. The van der Waals surface area contributed by atoms with Crippen molar-refractivity contribution in [3.8, 4) is 0 Å². The monoisotopic (exact) mass is 249 g/mol. The molecule has 0 atom stereocenters. The van der Waals surface area contributed by atoms with Crippen LogP contribution in [0, 0.1) is 0 Å². The summed E-state index contributed by atoms with van der Waals surface area (Å²) in [5.41, 5.74) is 5.45. The van der Waals surface area contributed by atoms with E-state index in [2.05, 4.69) is 0 Å². The Morgan fingerprint density at radius 2 is 1.82 bits per heavy atom. The molecule has 1 aromatic rings.